The molecule has 3 N–H and O–H groups in total. The lowest BCUT2D eigenvalue weighted by Gasteiger charge is -2.10. The molecule has 2 aromatic rings. The molecule has 0 saturated carbocycles. The van der Waals surface area contributed by atoms with Crippen LogP contribution in [0.3, 0.4) is 0 Å². The zero-order valence-corrected chi connectivity index (χ0v) is 15.2. The Bertz CT molecular complexity index is 761. The number of nitrogens with two attached hydrogens (primary N) is 1. The first-order valence-corrected chi connectivity index (χ1v) is 9.52. The van der Waals surface area contributed by atoms with E-state index in [0.29, 0.717) is 13.2 Å². The summed E-state index contributed by atoms with van der Waals surface area (Å²) in [6, 6.07) is 12.3. The van der Waals surface area contributed by atoms with E-state index in [0.717, 1.165) is 27.9 Å². The van der Waals surface area contributed by atoms with Crippen LogP contribution in [-0.4, -0.2) is 15.0 Å². The number of halogens is 1. The molecule has 2 aromatic carbocycles. The first-order valence-electron chi connectivity index (χ1n) is 7.18. The van der Waals surface area contributed by atoms with Gasteiger partial charge in [0.25, 0.3) is 0 Å². The quantitative estimate of drug-likeness (QED) is 0.747. The van der Waals surface area contributed by atoms with Crippen molar-refractivity contribution in [3.05, 3.63) is 52.5 Å². The summed E-state index contributed by atoms with van der Waals surface area (Å²) in [5.41, 5.74) is 1.90. The van der Waals surface area contributed by atoms with Gasteiger partial charge in [0, 0.05) is 12.2 Å². The summed E-state index contributed by atoms with van der Waals surface area (Å²) in [4.78, 5) is 0.100. The van der Waals surface area contributed by atoms with Crippen LogP contribution in [0.1, 0.15) is 18.9 Å². The Morgan fingerprint density at radius 1 is 1.17 bits per heavy atom. The number of benzene rings is 2. The van der Waals surface area contributed by atoms with Crippen molar-refractivity contribution in [3.8, 4) is 5.75 Å². The maximum atomic E-state index is 11.2. The minimum atomic E-state index is -3.65. The van der Waals surface area contributed by atoms with Gasteiger partial charge in [0.05, 0.1) is 16.0 Å². The van der Waals surface area contributed by atoms with E-state index in [1.54, 1.807) is 12.1 Å². The number of primary sulfonamides is 1. The van der Waals surface area contributed by atoms with Gasteiger partial charge in [0.1, 0.15) is 5.75 Å². The number of nitrogens with one attached hydrogen (secondary N) is 1. The third-order valence-corrected chi connectivity index (χ3v) is 4.69. The molecule has 0 atom stereocenters. The molecule has 0 saturated heterocycles. The summed E-state index contributed by atoms with van der Waals surface area (Å²) < 4.78 is 28.9. The van der Waals surface area contributed by atoms with Crippen molar-refractivity contribution in [1.29, 1.82) is 0 Å². The van der Waals surface area contributed by atoms with Crippen LogP contribution in [-0.2, 0) is 16.6 Å². The van der Waals surface area contributed by atoms with Gasteiger partial charge >= 0.3 is 0 Å². The molecule has 2 rings (SSSR count). The van der Waals surface area contributed by atoms with E-state index in [4.69, 9.17) is 9.88 Å². The summed E-state index contributed by atoms with van der Waals surface area (Å²) in [6.45, 7) is 3.36. The molecule has 5 nitrogen and oxygen atoms in total. The average molecular weight is 399 g/mol. The Morgan fingerprint density at radius 2 is 1.87 bits per heavy atom. The van der Waals surface area contributed by atoms with Gasteiger partial charge in [0.2, 0.25) is 10.0 Å². The van der Waals surface area contributed by atoms with Crippen LogP contribution in [0.5, 0.6) is 5.75 Å². The third-order valence-electron chi connectivity index (χ3n) is 3.14. The molecule has 0 bridgehead atoms. The van der Waals surface area contributed by atoms with Crippen LogP contribution >= 0.6 is 15.9 Å². The van der Waals surface area contributed by atoms with Gasteiger partial charge in [-0.2, -0.15) is 0 Å². The fourth-order valence-corrected chi connectivity index (χ4v) is 3.01. The minimum Gasteiger partial charge on any atom is -0.492 e. The van der Waals surface area contributed by atoms with Crippen LogP contribution in [0, 0.1) is 0 Å². The molecular weight excluding hydrogens is 380 g/mol. The van der Waals surface area contributed by atoms with Crippen LogP contribution in [0.4, 0.5) is 5.69 Å². The van der Waals surface area contributed by atoms with E-state index < -0.39 is 10.0 Å². The molecule has 0 aliphatic carbocycles. The summed E-state index contributed by atoms with van der Waals surface area (Å²) in [5, 5.41) is 8.30. The topological polar surface area (TPSA) is 81.4 Å². The summed E-state index contributed by atoms with van der Waals surface area (Å²) in [6.07, 6.45) is 0.963. The van der Waals surface area contributed by atoms with Crippen LogP contribution < -0.4 is 15.2 Å². The normalized spacial score (nSPS) is 11.3. The van der Waals surface area contributed by atoms with E-state index in [2.05, 4.69) is 28.2 Å². The molecule has 23 heavy (non-hydrogen) atoms. The van der Waals surface area contributed by atoms with Crippen molar-refractivity contribution >= 4 is 31.6 Å². The summed E-state index contributed by atoms with van der Waals surface area (Å²) in [5.74, 6) is 0.827. The highest BCUT2D eigenvalue weighted by atomic mass is 79.9. The number of sulfonamides is 1. The molecule has 0 spiro atoms. The number of hydrogen-bond acceptors (Lipinski definition) is 4. The fourth-order valence-electron chi connectivity index (χ4n) is 1.95. The highest BCUT2D eigenvalue weighted by Gasteiger charge is 2.07. The highest BCUT2D eigenvalue weighted by Crippen LogP contribution is 2.26. The number of rotatable bonds is 7. The lowest BCUT2D eigenvalue weighted by molar-refractivity contribution is 0.315. The summed E-state index contributed by atoms with van der Waals surface area (Å²) >= 11 is 3.50. The number of hydrogen-bond donors (Lipinski definition) is 2. The van der Waals surface area contributed by atoms with E-state index in [9.17, 15) is 8.42 Å². The number of anilines is 1. The Labute approximate surface area is 145 Å². The van der Waals surface area contributed by atoms with Crippen molar-refractivity contribution in [2.75, 3.05) is 11.9 Å². The fraction of sp³-hybridized carbons (Fsp3) is 0.250. The van der Waals surface area contributed by atoms with Crippen molar-refractivity contribution in [2.45, 2.75) is 24.8 Å². The van der Waals surface area contributed by atoms with E-state index in [-0.39, 0.29) is 4.90 Å². The zero-order valence-electron chi connectivity index (χ0n) is 12.8. The average Bonchev–Trinajstić information content (AvgIpc) is 2.51. The molecule has 0 heterocycles. The summed E-state index contributed by atoms with van der Waals surface area (Å²) in [7, 11) is -3.65. The van der Waals surface area contributed by atoms with Gasteiger partial charge in [-0.05, 0) is 64.3 Å². The van der Waals surface area contributed by atoms with Gasteiger partial charge in [-0.3, -0.25) is 0 Å². The van der Waals surface area contributed by atoms with Crippen molar-refractivity contribution < 1.29 is 13.2 Å². The SMILES string of the molecule is CCCOc1ccc(CNc2ccc(S(N)(=O)=O)cc2)cc1Br. The molecule has 0 aliphatic heterocycles. The van der Waals surface area contributed by atoms with Crippen molar-refractivity contribution in [3.63, 3.8) is 0 Å². The third kappa shape index (κ3) is 5.23. The Kier molecular flexibility index (Phi) is 6.04. The standard InChI is InChI=1S/C16H19BrN2O3S/c1-2-9-22-16-8-3-12(10-15(16)17)11-19-13-4-6-14(7-5-13)23(18,20)21/h3-8,10,19H,2,9,11H2,1H3,(H2,18,20,21). The minimum absolute atomic E-state index is 0.100. The lowest BCUT2D eigenvalue weighted by atomic mass is 10.2. The molecule has 0 radical (unpaired) electrons. The molecule has 0 fully saturated rings. The van der Waals surface area contributed by atoms with E-state index in [1.807, 2.05) is 18.2 Å². The lowest BCUT2D eigenvalue weighted by Crippen LogP contribution is -2.12. The number of ether oxygens (including phenoxy) is 1. The van der Waals surface area contributed by atoms with Crippen LogP contribution in [0.25, 0.3) is 0 Å². The Morgan fingerprint density at radius 3 is 2.43 bits per heavy atom. The molecule has 0 aliphatic rings. The van der Waals surface area contributed by atoms with E-state index >= 15 is 0 Å². The monoisotopic (exact) mass is 398 g/mol. The second-order valence-electron chi connectivity index (χ2n) is 5.04. The van der Waals surface area contributed by atoms with Gasteiger partial charge in [0.15, 0.2) is 0 Å². The van der Waals surface area contributed by atoms with Crippen molar-refractivity contribution in [2.24, 2.45) is 5.14 Å². The maximum absolute atomic E-state index is 11.2. The Hall–Kier alpha value is -1.57. The van der Waals surface area contributed by atoms with Crippen molar-refractivity contribution in [1.82, 2.24) is 0 Å². The van der Waals surface area contributed by atoms with Gasteiger partial charge in [-0.25, -0.2) is 13.6 Å². The molecule has 0 unspecified atom stereocenters. The predicted octanol–water partition coefficient (Wildman–Crippen LogP) is 3.50. The highest BCUT2D eigenvalue weighted by molar-refractivity contribution is 9.10. The Balaban J connectivity index is 1.99. The van der Waals surface area contributed by atoms with Gasteiger partial charge < -0.3 is 10.1 Å². The van der Waals surface area contributed by atoms with Crippen LogP contribution in [0.2, 0.25) is 0 Å². The first-order chi connectivity index (χ1) is 10.9. The van der Waals surface area contributed by atoms with Crippen LogP contribution in [0.15, 0.2) is 51.8 Å². The van der Waals surface area contributed by atoms with E-state index in [1.165, 1.54) is 12.1 Å². The molecule has 0 amide bonds. The molecule has 124 valence electrons. The van der Waals surface area contributed by atoms with Gasteiger partial charge in [-0.15, -0.1) is 0 Å². The largest absolute Gasteiger partial charge is 0.492 e. The first kappa shape index (κ1) is 17.8. The molecule has 7 heteroatoms. The second-order valence-corrected chi connectivity index (χ2v) is 7.45. The second kappa shape index (κ2) is 7.81. The smallest absolute Gasteiger partial charge is 0.238 e. The zero-order chi connectivity index (χ0) is 16.9. The molecule has 0 aromatic heterocycles. The molecular formula is C16H19BrN2O3S. The maximum Gasteiger partial charge on any atom is 0.238 e. The van der Waals surface area contributed by atoms with Gasteiger partial charge in [-0.1, -0.05) is 13.0 Å². The predicted molar refractivity (Wildman–Crippen MR) is 95.1 cm³/mol.